The first-order valence-electron chi connectivity index (χ1n) is 7.67. The number of aromatic nitrogens is 6. The Morgan fingerprint density at radius 3 is 3.00 bits per heavy atom. The molecule has 0 aliphatic carbocycles. The Kier molecular flexibility index (Phi) is 5.46. The minimum atomic E-state index is -0.180. The molecule has 0 unspecified atom stereocenters. The summed E-state index contributed by atoms with van der Waals surface area (Å²) in [4.78, 5) is 21.1. The highest BCUT2D eigenvalue weighted by atomic mass is 32.1. The number of hydrogen-bond donors (Lipinski definition) is 2. The zero-order chi connectivity index (χ0) is 17.6. The molecule has 3 rings (SSSR count). The summed E-state index contributed by atoms with van der Waals surface area (Å²) in [6.07, 6.45) is 3.20. The normalized spacial score (nSPS) is 11.0. The van der Waals surface area contributed by atoms with Crippen molar-refractivity contribution in [1.82, 2.24) is 34.7 Å². The molecule has 2 N–H and O–H groups in total. The number of methoxy groups -OCH3 is 1. The van der Waals surface area contributed by atoms with Gasteiger partial charge in [0.15, 0.2) is 5.65 Å². The molecule has 3 heterocycles. The van der Waals surface area contributed by atoms with Gasteiger partial charge in [0.25, 0.3) is 5.91 Å². The first-order chi connectivity index (χ1) is 12.2. The molecule has 1 amide bonds. The number of hydrogen-bond acceptors (Lipinski definition) is 9. The second-order valence-corrected chi connectivity index (χ2v) is 5.94. The third kappa shape index (κ3) is 3.88. The van der Waals surface area contributed by atoms with Crippen LogP contribution in [0.1, 0.15) is 15.4 Å². The van der Waals surface area contributed by atoms with Gasteiger partial charge in [-0.2, -0.15) is 5.10 Å². The lowest BCUT2D eigenvalue weighted by Crippen LogP contribution is -2.27. The van der Waals surface area contributed by atoms with Crippen LogP contribution in [-0.2, 0) is 11.3 Å². The number of carbonyl (C=O) groups excluding carboxylic acids is 1. The van der Waals surface area contributed by atoms with Gasteiger partial charge < -0.3 is 15.4 Å². The lowest BCUT2D eigenvalue weighted by Gasteiger charge is -2.07. The Hall–Kier alpha value is -2.66. The number of anilines is 1. The summed E-state index contributed by atoms with van der Waals surface area (Å²) in [5.74, 6) is 0.532. The average molecular weight is 362 g/mol. The summed E-state index contributed by atoms with van der Waals surface area (Å²) in [6.45, 7) is 3.90. The molecule has 25 heavy (non-hydrogen) atoms. The van der Waals surface area contributed by atoms with Gasteiger partial charge in [0, 0.05) is 20.2 Å². The zero-order valence-corrected chi connectivity index (χ0v) is 14.7. The van der Waals surface area contributed by atoms with Crippen molar-refractivity contribution >= 4 is 34.3 Å². The molecule has 3 aromatic heterocycles. The van der Waals surface area contributed by atoms with E-state index in [-0.39, 0.29) is 5.91 Å². The monoisotopic (exact) mass is 362 g/mol. The van der Waals surface area contributed by atoms with Crippen LogP contribution in [0, 0.1) is 6.92 Å². The predicted octanol–water partition coefficient (Wildman–Crippen LogP) is 0.475. The molecule has 0 saturated carbocycles. The predicted molar refractivity (Wildman–Crippen MR) is 92.7 cm³/mol. The van der Waals surface area contributed by atoms with Crippen molar-refractivity contribution in [2.24, 2.45) is 0 Å². The molecule has 132 valence electrons. The van der Waals surface area contributed by atoms with Crippen LogP contribution in [0.4, 0.5) is 5.82 Å². The van der Waals surface area contributed by atoms with Crippen LogP contribution in [0.5, 0.6) is 0 Å². The van der Waals surface area contributed by atoms with Crippen molar-refractivity contribution in [1.29, 1.82) is 0 Å². The molecule has 0 fully saturated rings. The molecule has 0 spiro atoms. The summed E-state index contributed by atoms with van der Waals surface area (Å²) >= 11 is 1.08. The standard InChI is InChI=1S/C14H18N8O2S/c1-9-11(25-21-20-9)14(23)16-3-5-22-13-10(7-19-22)12(17-8-18-13)15-4-6-24-2/h7-8H,3-6H2,1-2H3,(H,16,23)(H,15,17,18). The summed E-state index contributed by atoms with van der Waals surface area (Å²) in [5, 5.41) is 15.0. The second kappa shape index (κ2) is 7.94. The third-order valence-corrected chi connectivity index (χ3v) is 4.33. The van der Waals surface area contributed by atoms with Crippen molar-refractivity contribution in [3.05, 3.63) is 23.1 Å². The van der Waals surface area contributed by atoms with Crippen molar-refractivity contribution < 1.29 is 9.53 Å². The minimum Gasteiger partial charge on any atom is -0.383 e. The van der Waals surface area contributed by atoms with Crippen molar-refractivity contribution in [3.8, 4) is 0 Å². The first-order valence-corrected chi connectivity index (χ1v) is 8.44. The molecule has 0 bridgehead atoms. The van der Waals surface area contributed by atoms with Crippen LogP contribution in [0.25, 0.3) is 11.0 Å². The SMILES string of the molecule is COCCNc1ncnc2c1cnn2CCNC(=O)c1snnc1C. The molecule has 0 aliphatic rings. The average Bonchev–Trinajstić information content (AvgIpc) is 3.22. The van der Waals surface area contributed by atoms with Gasteiger partial charge in [0.2, 0.25) is 0 Å². The summed E-state index contributed by atoms with van der Waals surface area (Å²) < 4.78 is 10.5. The Morgan fingerprint density at radius 1 is 1.36 bits per heavy atom. The molecule has 11 heteroatoms. The number of aryl methyl sites for hydroxylation is 1. The van der Waals surface area contributed by atoms with Crippen LogP contribution >= 0.6 is 11.5 Å². The Bertz CT molecular complexity index is 862. The van der Waals surface area contributed by atoms with Gasteiger partial charge in [-0.15, -0.1) is 5.10 Å². The number of nitrogens with zero attached hydrogens (tertiary/aromatic N) is 6. The van der Waals surface area contributed by atoms with Gasteiger partial charge in [-0.25, -0.2) is 14.6 Å². The van der Waals surface area contributed by atoms with E-state index in [1.54, 1.807) is 24.9 Å². The number of fused-ring (bicyclic) bond motifs is 1. The summed E-state index contributed by atoms with van der Waals surface area (Å²) in [6, 6.07) is 0. The lowest BCUT2D eigenvalue weighted by atomic mass is 10.3. The highest BCUT2D eigenvalue weighted by molar-refractivity contribution is 7.07. The highest BCUT2D eigenvalue weighted by Gasteiger charge is 2.13. The summed E-state index contributed by atoms with van der Waals surface area (Å²) in [5.41, 5.74) is 1.34. The maximum Gasteiger partial charge on any atom is 0.265 e. The molecule has 0 atom stereocenters. The van der Waals surface area contributed by atoms with E-state index < -0.39 is 0 Å². The van der Waals surface area contributed by atoms with Crippen molar-refractivity contribution in [2.45, 2.75) is 13.5 Å². The van der Waals surface area contributed by atoms with E-state index in [1.165, 1.54) is 6.33 Å². The number of amides is 1. The van der Waals surface area contributed by atoms with E-state index in [1.807, 2.05) is 0 Å². The van der Waals surface area contributed by atoms with E-state index in [9.17, 15) is 4.79 Å². The molecular weight excluding hydrogens is 344 g/mol. The fourth-order valence-corrected chi connectivity index (χ4v) is 2.84. The molecule has 0 radical (unpaired) electrons. The van der Waals surface area contributed by atoms with E-state index in [0.29, 0.717) is 48.3 Å². The van der Waals surface area contributed by atoms with E-state index in [4.69, 9.17) is 4.74 Å². The maximum atomic E-state index is 12.1. The Balaban J connectivity index is 1.63. The molecule has 10 nitrogen and oxygen atoms in total. The number of carbonyl (C=O) groups is 1. The van der Waals surface area contributed by atoms with E-state index in [0.717, 1.165) is 16.9 Å². The Morgan fingerprint density at radius 2 is 2.24 bits per heavy atom. The van der Waals surface area contributed by atoms with Gasteiger partial charge in [-0.05, 0) is 18.5 Å². The quantitative estimate of drug-likeness (QED) is 0.555. The first kappa shape index (κ1) is 17.2. The third-order valence-electron chi connectivity index (χ3n) is 3.50. The number of nitrogens with one attached hydrogen (secondary N) is 2. The van der Waals surface area contributed by atoms with Crippen molar-refractivity contribution in [3.63, 3.8) is 0 Å². The van der Waals surface area contributed by atoms with E-state index >= 15 is 0 Å². The summed E-state index contributed by atoms with van der Waals surface area (Å²) in [7, 11) is 1.65. The van der Waals surface area contributed by atoms with Crippen LogP contribution in [0.15, 0.2) is 12.5 Å². The molecule has 3 aromatic rings. The van der Waals surface area contributed by atoms with Crippen LogP contribution < -0.4 is 10.6 Å². The smallest absolute Gasteiger partial charge is 0.265 e. The number of ether oxygens (including phenoxy) is 1. The van der Waals surface area contributed by atoms with E-state index in [2.05, 4.69) is 35.3 Å². The van der Waals surface area contributed by atoms with Crippen LogP contribution in [-0.4, -0.2) is 62.0 Å². The molecule has 0 aliphatic heterocycles. The molecule has 0 saturated heterocycles. The minimum absolute atomic E-state index is 0.180. The number of rotatable bonds is 8. The van der Waals surface area contributed by atoms with Gasteiger partial charge in [0.05, 0.1) is 30.4 Å². The van der Waals surface area contributed by atoms with Crippen LogP contribution in [0.2, 0.25) is 0 Å². The van der Waals surface area contributed by atoms with Gasteiger partial charge in [-0.1, -0.05) is 4.49 Å². The topological polar surface area (TPSA) is 120 Å². The fourth-order valence-electron chi connectivity index (χ4n) is 2.26. The lowest BCUT2D eigenvalue weighted by molar-refractivity contribution is 0.0955. The molecule has 0 aromatic carbocycles. The second-order valence-electron chi connectivity index (χ2n) is 5.19. The largest absolute Gasteiger partial charge is 0.383 e. The van der Waals surface area contributed by atoms with Gasteiger partial charge in [0.1, 0.15) is 17.0 Å². The highest BCUT2D eigenvalue weighted by Crippen LogP contribution is 2.18. The zero-order valence-electron chi connectivity index (χ0n) is 13.9. The van der Waals surface area contributed by atoms with Gasteiger partial charge in [-0.3, -0.25) is 4.79 Å². The maximum absolute atomic E-state index is 12.1. The van der Waals surface area contributed by atoms with Gasteiger partial charge >= 0.3 is 0 Å². The Labute approximate surface area is 147 Å². The van der Waals surface area contributed by atoms with Crippen LogP contribution in [0.3, 0.4) is 0 Å². The fraction of sp³-hybridized carbons (Fsp3) is 0.429. The van der Waals surface area contributed by atoms with Crippen molar-refractivity contribution in [2.75, 3.05) is 32.1 Å². The molecular formula is C14H18N8O2S.